The minimum Gasteiger partial charge on any atom is -0.458 e. The van der Waals surface area contributed by atoms with Crippen LogP contribution in [0.25, 0.3) is 22.3 Å². The Morgan fingerprint density at radius 2 is 1.72 bits per heavy atom. The lowest BCUT2D eigenvalue weighted by molar-refractivity contribution is -0.157. The number of primary amides is 1. The number of hydrogen-bond donors (Lipinski definition) is 2. The van der Waals surface area contributed by atoms with Gasteiger partial charge >= 0.3 is 12.1 Å². The first-order chi connectivity index (χ1) is 22.0. The van der Waals surface area contributed by atoms with Gasteiger partial charge in [0.1, 0.15) is 19.0 Å². The number of aliphatic hydroxyl groups excluding tert-OH is 1. The third-order valence-corrected chi connectivity index (χ3v) is 8.04. The molecule has 1 amide bonds. The van der Waals surface area contributed by atoms with Crippen LogP contribution in [0.2, 0.25) is 0 Å². The number of cyclic esters (lactones) is 1. The van der Waals surface area contributed by atoms with E-state index in [4.69, 9.17) is 15.5 Å². The number of ether oxygens (including phenoxy) is 2. The number of pyridine rings is 2. The second kappa shape index (κ2) is 14.7. The van der Waals surface area contributed by atoms with Crippen LogP contribution in [-0.2, 0) is 46.9 Å². The zero-order valence-electron chi connectivity index (χ0n) is 27.3. The molecule has 0 bridgehead atoms. The molecule has 0 saturated carbocycles. The van der Waals surface area contributed by atoms with Crippen molar-refractivity contribution < 1.29 is 28.6 Å². The maximum Gasteiger partial charge on any atom is 0.404 e. The summed E-state index contributed by atoms with van der Waals surface area (Å²) in [5.41, 5.74) is 12.8. The van der Waals surface area contributed by atoms with Crippen LogP contribution in [0.4, 0.5) is 9.18 Å². The van der Waals surface area contributed by atoms with Gasteiger partial charge in [-0.25, -0.2) is 19.0 Å². The van der Waals surface area contributed by atoms with E-state index in [-0.39, 0.29) is 30.2 Å². The lowest BCUT2D eigenvalue weighted by Gasteiger charge is -2.22. The van der Waals surface area contributed by atoms with Crippen LogP contribution < -0.4 is 11.3 Å². The number of amides is 1. The highest BCUT2D eigenvalue weighted by Gasteiger charge is 2.35. The SMILES string of the molecule is CC.CCC.Cc1c(F)cc2nc3c(c4c2c1CCC4)Cn1c-3cc2c(c1=O)COC(=O)C2O.Cc1ccc(COC(N)=O)cc1. The van der Waals surface area contributed by atoms with Gasteiger partial charge < -0.3 is 24.9 Å². The van der Waals surface area contributed by atoms with Gasteiger partial charge in [0, 0.05) is 22.6 Å². The molecule has 2 aliphatic heterocycles. The van der Waals surface area contributed by atoms with Gasteiger partial charge in [0.2, 0.25) is 0 Å². The molecule has 1 aliphatic carbocycles. The Bertz CT molecular complexity index is 1830. The summed E-state index contributed by atoms with van der Waals surface area (Å²) in [5, 5.41) is 11.2. The molecule has 7 rings (SSSR count). The number of hydrogen-bond acceptors (Lipinski definition) is 7. The molecule has 2 aromatic carbocycles. The van der Waals surface area contributed by atoms with E-state index in [1.54, 1.807) is 17.6 Å². The number of aliphatic hydroxyl groups is 1. The van der Waals surface area contributed by atoms with Gasteiger partial charge in [-0.1, -0.05) is 63.9 Å². The molecule has 4 aromatic rings. The number of benzene rings is 2. The standard InChI is InChI=1S/C22H17FN2O4.C9H11NO2.C3H8.C2H6/c1-9-10-3-2-4-11-13-7-25-17(19(13)24-16(18(10)11)6-15(9)23)5-12-14(21(25)27)8-29-22(28)20(12)26;1-7-2-4-8(5-3-7)6-12-9(10)11;1-3-2;1-2/h5-6,20,26H,2-4,7-8H2,1H3;2-5H,6H2,1H3,(H2,10,11);3H2,1-2H3;1-2H3. The van der Waals surface area contributed by atoms with E-state index < -0.39 is 18.2 Å². The summed E-state index contributed by atoms with van der Waals surface area (Å²) in [6, 6.07) is 10.8. The number of nitrogens with two attached hydrogens (primary N) is 1. The average Bonchev–Trinajstić information content (AvgIpc) is 3.42. The fourth-order valence-electron chi connectivity index (χ4n) is 5.90. The predicted octanol–water partition coefficient (Wildman–Crippen LogP) is 6.48. The fraction of sp³-hybridized carbons (Fsp3) is 0.389. The first kappa shape index (κ1) is 34.3. The Morgan fingerprint density at radius 3 is 2.37 bits per heavy atom. The third kappa shape index (κ3) is 6.67. The van der Waals surface area contributed by atoms with Crippen molar-refractivity contribution >= 4 is 23.0 Å². The van der Waals surface area contributed by atoms with E-state index in [2.05, 4.69) is 18.6 Å². The van der Waals surface area contributed by atoms with Crippen molar-refractivity contribution in [2.45, 2.75) is 93.1 Å². The molecule has 0 fully saturated rings. The molecule has 10 heteroatoms. The van der Waals surface area contributed by atoms with Crippen LogP contribution in [0.15, 0.2) is 41.2 Å². The molecule has 2 aromatic heterocycles. The Balaban J connectivity index is 0.000000237. The van der Waals surface area contributed by atoms with Crippen molar-refractivity contribution in [3.63, 3.8) is 0 Å². The highest BCUT2D eigenvalue weighted by molar-refractivity contribution is 5.92. The van der Waals surface area contributed by atoms with E-state index in [0.29, 0.717) is 34.6 Å². The first-order valence-corrected chi connectivity index (χ1v) is 15.8. The predicted molar refractivity (Wildman–Crippen MR) is 175 cm³/mol. The maximum absolute atomic E-state index is 14.5. The molecule has 0 radical (unpaired) electrons. The second-order valence-corrected chi connectivity index (χ2v) is 11.3. The zero-order valence-corrected chi connectivity index (χ0v) is 27.3. The molecule has 0 saturated heterocycles. The summed E-state index contributed by atoms with van der Waals surface area (Å²) in [6.45, 7) is 12.5. The maximum atomic E-state index is 14.5. The number of rotatable bonds is 2. The van der Waals surface area contributed by atoms with Crippen LogP contribution in [0.3, 0.4) is 0 Å². The van der Waals surface area contributed by atoms with Gasteiger partial charge in [0.15, 0.2) is 6.10 Å². The van der Waals surface area contributed by atoms with Crippen molar-refractivity contribution in [3.05, 3.63) is 97.1 Å². The first-order valence-electron chi connectivity index (χ1n) is 15.8. The van der Waals surface area contributed by atoms with Gasteiger partial charge in [0.05, 0.1) is 29.0 Å². The summed E-state index contributed by atoms with van der Waals surface area (Å²) in [4.78, 5) is 39.8. The molecule has 9 nitrogen and oxygen atoms in total. The molecular weight excluding hydrogens is 589 g/mol. The van der Waals surface area contributed by atoms with Crippen LogP contribution >= 0.6 is 0 Å². The smallest absolute Gasteiger partial charge is 0.404 e. The van der Waals surface area contributed by atoms with Gasteiger partial charge in [-0.15, -0.1) is 0 Å². The van der Waals surface area contributed by atoms with Crippen molar-refractivity contribution in [3.8, 4) is 11.4 Å². The Morgan fingerprint density at radius 1 is 1.07 bits per heavy atom. The highest BCUT2D eigenvalue weighted by Crippen LogP contribution is 2.42. The molecule has 3 aliphatic rings. The van der Waals surface area contributed by atoms with Crippen molar-refractivity contribution in [1.82, 2.24) is 9.55 Å². The minimum absolute atomic E-state index is 0.141. The number of esters is 1. The largest absolute Gasteiger partial charge is 0.458 e. The Kier molecular flexibility index (Phi) is 11.0. The molecular formula is C36H42FN3O6. The van der Waals surface area contributed by atoms with Crippen LogP contribution in [0.1, 0.15) is 91.1 Å². The topological polar surface area (TPSA) is 134 Å². The lowest BCUT2D eigenvalue weighted by atomic mass is 9.85. The fourth-order valence-corrected chi connectivity index (χ4v) is 5.90. The normalized spacial score (nSPS) is 15.0. The third-order valence-electron chi connectivity index (χ3n) is 8.04. The number of nitrogens with zero attached hydrogens (tertiary/aromatic N) is 2. The van der Waals surface area contributed by atoms with E-state index in [1.165, 1.54) is 18.1 Å². The monoisotopic (exact) mass is 631 g/mol. The number of aryl methyl sites for hydroxylation is 3. The van der Waals surface area contributed by atoms with Gasteiger partial charge in [-0.05, 0) is 61.4 Å². The molecule has 1 unspecified atom stereocenters. The number of carbonyl (C=O) groups is 2. The molecule has 46 heavy (non-hydrogen) atoms. The molecule has 0 spiro atoms. The lowest BCUT2D eigenvalue weighted by Crippen LogP contribution is -2.32. The molecule has 4 heterocycles. The molecule has 3 N–H and O–H groups in total. The van der Waals surface area contributed by atoms with Crippen molar-refractivity contribution in [2.24, 2.45) is 5.73 Å². The van der Waals surface area contributed by atoms with E-state index in [9.17, 15) is 23.9 Å². The summed E-state index contributed by atoms with van der Waals surface area (Å²) in [6.07, 6.45) is 1.63. The number of aromatic nitrogens is 2. The summed E-state index contributed by atoms with van der Waals surface area (Å²) < 4.78 is 25.7. The van der Waals surface area contributed by atoms with Crippen LogP contribution in [0.5, 0.6) is 0 Å². The van der Waals surface area contributed by atoms with Gasteiger partial charge in [-0.3, -0.25) is 4.79 Å². The van der Waals surface area contributed by atoms with Gasteiger partial charge in [0.25, 0.3) is 5.56 Å². The second-order valence-electron chi connectivity index (χ2n) is 11.3. The Labute approximate surface area is 268 Å². The number of halogens is 1. The average molecular weight is 632 g/mol. The van der Waals surface area contributed by atoms with E-state index in [1.807, 2.05) is 45.0 Å². The molecule has 244 valence electrons. The van der Waals surface area contributed by atoms with Crippen LogP contribution in [-0.4, -0.2) is 26.7 Å². The van der Waals surface area contributed by atoms with Crippen molar-refractivity contribution in [1.29, 1.82) is 0 Å². The Hall–Kier alpha value is -4.57. The minimum atomic E-state index is -1.48. The van der Waals surface area contributed by atoms with Crippen LogP contribution in [0, 0.1) is 19.7 Å². The van der Waals surface area contributed by atoms with E-state index in [0.717, 1.165) is 46.9 Å². The number of fused-ring (bicyclic) bond motifs is 5. The zero-order chi connectivity index (χ0) is 33.7. The summed E-state index contributed by atoms with van der Waals surface area (Å²) in [5.74, 6) is -1.03. The summed E-state index contributed by atoms with van der Waals surface area (Å²) in [7, 11) is 0. The number of carbonyl (C=O) groups excluding carboxylic acids is 2. The quantitative estimate of drug-likeness (QED) is 0.213. The highest BCUT2D eigenvalue weighted by atomic mass is 19.1. The van der Waals surface area contributed by atoms with Crippen molar-refractivity contribution in [2.75, 3.05) is 0 Å². The molecule has 1 atom stereocenters. The van der Waals surface area contributed by atoms with Gasteiger partial charge in [-0.2, -0.15) is 0 Å². The summed E-state index contributed by atoms with van der Waals surface area (Å²) >= 11 is 0. The van der Waals surface area contributed by atoms with E-state index >= 15 is 0 Å².